The van der Waals surface area contributed by atoms with Crippen LogP contribution in [0.5, 0.6) is 0 Å². The van der Waals surface area contributed by atoms with Crippen LogP contribution < -0.4 is 16.4 Å². The van der Waals surface area contributed by atoms with Crippen LogP contribution in [-0.2, 0) is 9.59 Å². The van der Waals surface area contributed by atoms with E-state index in [0.717, 1.165) is 6.42 Å². The number of carbonyl (C=O) groups excluding carboxylic acids is 2. The van der Waals surface area contributed by atoms with E-state index >= 15 is 0 Å². The Morgan fingerprint density at radius 3 is 2.43 bits per heavy atom. The van der Waals surface area contributed by atoms with Gasteiger partial charge in [0.15, 0.2) is 0 Å². The minimum absolute atomic E-state index is 0.00406. The van der Waals surface area contributed by atoms with Gasteiger partial charge in [-0.15, -0.1) is 0 Å². The first-order valence-electron chi connectivity index (χ1n) is 4.91. The van der Waals surface area contributed by atoms with E-state index in [0.29, 0.717) is 13.0 Å². The summed E-state index contributed by atoms with van der Waals surface area (Å²) >= 11 is 0. The Bertz CT molecular complexity index is 194. The lowest BCUT2D eigenvalue weighted by molar-refractivity contribution is -0.126. The van der Waals surface area contributed by atoms with Crippen LogP contribution in [0.2, 0.25) is 0 Å². The Morgan fingerprint density at radius 1 is 1.29 bits per heavy atom. The van der Waals surface area contributed by atoms with Crippen molar-refractivity contribution in [2.45, 2.75) is 32.7 Å². The number of likely N-dealkylation sites (N-methyl/N-ethyl adjacent to an activating group) is 1. The fourth-order valence-electron chi connectivity index (χ4n) is 1.00. The number of rotatable bonds is 6. The van der Waals surface area contributed by atoms with Gasteiger partial charge in [0.2, 0.25) is 11.8 Å². The molecule has 0 aromatic rings. The zero-order chi connectivity index (χ0) is 11.0. The molecule has 0 aliphatic rings. The largest absolute Gasteiger partial charge is 0.355 e. The van der Waals surface area contributed by atoms with Crippen LogP contribution in [-0.4, -0.2) is 30.9 Å². The van der Waals surface area contributed by atoms with E-state index in [-0.39, 0.29) is 18.4 Å². The van der Waals surface area contributed by atoms with Crippen LogP contribution in [0.15, 0.2) is 0 Å². The molecule has 0 saturated carbocycles. The van der Waals surface area contributed by atoms with E-state index in [1.807, 2.05) is 13.8 Å². The molecule has 0 unspecified atom stereocenters. The molecule has 0 rings (SSSR count). The fourth-order valence-corrected chi connectivity index (χ4v) is 1.00. The van der Waals surface area contributed by atoms with Crippen LogP contribution in [0.4, 0.5) is 0 Å². The smallest absolute Gasteiger partial charge is 0.239 e. The molecule has 0 aliphatic heterocycles. The minimum atomic E-state index is -0.505. The SMILES string of the molecule is CCC[C@@H](N)C(=O)NCC(=O)NCC. The standard InChI is InChI=1S/C9H19N3O2/c1-3-5-7(10)9(14)12-6-8(13)11-4-2/h7H,3-6,10H2,1-2H3,(H,11,13)(H,12,14)/t7-/m1/s1. The Labute approximate surface area is 84.4 Å². The van der Waals surface area contributed by atoms with Crippen molar-refractivity contribution in [1.82, 2.24) is 10.6 Å². The summed E-state index contributed by atoms with van der Waals surface area (Å²) in [5, 5.41) is 5.05. The van der Waals surface area contributed by atoms with Crippen LogP contribution in [0.25, 0.3) is 0 Å². The third-order valence-electron chi connectivity index (χ3n) is 1.73. The maximum absolute atomic E-state index is 11.2. The van der Waals surface area contributed by atoms with Crippen molar-refractivity contribution in [3.05, 3.63) is 0 Å². The highest BCUT2D eigenvalue weighted by atomic mass is 16.2. The van der Waals surface area contributed by atoms with Crippen LogP contribution in [0, 0.1) is 0 Å². The highest BCUT2D eigenvalue weighted by Crippen LogP contribution is 1.92. The molecule has 0 aromatic heterocycles. The molecule has 0 saturated heterocycles. The third kappa shape index (κ3) is 5.53. The molecular formula is C9H19N3O2. The summed E-state index contributed by atoms with van der Waals surface area (Å²) in [5.74, 6) is -0.456. The predicted octanol–water partition coefficient (Wildman–Crippen LogP) is -0.634. The van der Waals surface area contributed by atoms with Gasteiger partial charge in [0.05, 0.1) is 12.6 Å². The quantitative estimate of drug-likeness (QED) is 0.535. The number of carbonyl (C=O) groups is 2. The fraction of sp³-hybridized carbons (Fsp3) is 0.778. The molecule has 0 spiro atoms. The summed E-state index contributed by atoms with van der Waals surface area (Å²) in [6, 6.07) is -0.505. The highest BCUT2D eigenvalue weighted by Gasteiger charge is 2.12. The second-order valence-electron chi connectivity index (χ2n) is 3.07. The third-order valence-corrected chi connectivity index (χ3v) is 1.73. The second kappa shape index (κ2) is 7.32. The number of hydrogen-bond donors (Lipinski definition) is 3. The van der Waals surface area contributed by atoms with Gasteiger partial charge in [0.1, 0.15) is 0 Å². The van der Waals surface area contributed by atoms with Crippen molar-refractivity contribution in [2.75, 3.05) is 13.1 Å². The molecule has 0 radical (unpaired) electrons. The van der Waals surface area contributed by atoms with Crippen molar-refractivity contribution in [2.24, 2.45) is 5.73 Å². The number of amides is 2. The number of nitrogens with two attached hydrogens (primary N) is 1. The molecule has 0 aromatic carbocycles. The van der Waals surface area contributed by atoms with E-state index in [1.54, 1.807) is 0 Å². The topological polar surface area (TPSA) is 84.2 Å². The van der Waals surface area contributed by atoms with Crippen molar-refractivity contribution in [3.63, 3.8) is 0 Å². The molecular weight excluding hydrogens is 182 g/mol. The Morgan fingerprint density at radius 2 is 1.93 bits per heavy atom. The van der Waals surface area contributed by atoms with Gasteiger partial charge in [-0.25, -0.2) is 0 Å². The van der Waals surface area contributed by atoms with Gasteiger partial charge in [0.25, 0.3) is 0 Å². The van der Waals surface area contributed by atoms with Gasteiger partial charge < -0.3 is 16.4 Å². The van der Waals surface area contributed by atoms with Gasteiger partial charge in [0, 0.05) is 6.54 Å². The number of hydrogen-bond acceptors (Lipinski definition) is 3. The Kier molecular flexibility index (Phi) is 6.74. The van der Waals surface area contributed by atoms with Gasteiger partial charge in [-0.1, -0.05) is 13.3 Å². The highest BCUT2D eigenvalue weighted by molar-refractivity contribution is 5.87. The predicted molar refractivity (Wildman–Crippen MR) is 54.6 cm³/mol. The second-order valence-corrected chi connectivity index (χ2v) is 3.07. The zero-order valence-corrected chi connectivity index (χ0v) is 8.80. The summed E-state index contributed by atoms with van der Waals surface area (Å²) < 4.78 is 0. The first kappa shape index (κ1) is 12.9. The summed E-state index contributed by atoms with van der Waals surface area (Å²) in [7, 11) is 0. The molecule has 2 amide bonds. The molecule has 0 aliphatic carbocycles. The van der Waals surface area contributed by atoms with E-state index < -0.39 is 6.04 Å². The van der Waals surface area contributed by atoms with Gasteiger partial charge in [-0.2, -0.15) is 0 Å². The van der Waals surface area contributed by atoms with Gasteiger partial charge in [-0.05, 0) is 13.3 Å². The van der Waals surface area contributed by atoms with E-state index in [1.165, 1.54) is 0 Å². The first-order chi connectivity index (χ1) is 6.61. The zero-order valence-electron chi connectivity index (χ0n) is 8.80. The average molecular weight is 201 g/mol. The Balaban J connectivity index is 3.67. The molecule has 5 nitrogen and oxygen atoms in total. The van der Waals surface area contributed by atoms with Gasteiger partial charge >= 0.3 is 0 Å². The summed E-state index contributed by atoms with van der Waals surface area (Å²) in [6.07, 6.45) is 1.50. The Hall–Kier alpha value is -1.10. The summed E-state index contributed by atoms with van der Waals surface area (Å²) in [5.41, 5.74) is 5.54. The summed E-state index contributed by atoms with van der Waals surface area (Å²) in [4.78, 5) is 22.2. The molecule has 14 heavy (non-hydrogen) atoms. The first-order valence-corrected chi connectivity index (χ1v) is 4.91. The van der Waals surface area contributed by atoms with Crippen LogP contribution >= 0.6 is 0 Å². The van der Waals surface area contributed by atoms with Crippen molar-refractivity contribution < 1.29 is 9.59 Å². The van der Waals surface area contributed by atoms with Crippen molar-refractivity contribution in [1.29, 1.82) is 0 Å². The normalized spacial score (nSPS) is 11.9. The molecule has 0 fully saturated rings. The van der Waals surface area contributed by atoms with Crippen LogP contribution in [0.1, 0.15) is 26.7 Å². The van der Waals surface area contributed by atoms with Crippen LogP contribution in [0.3, 0.4) is 0 Å². The lowest BCUT2D eigenvalue weighted by Crippen LogP contribution is -2.44. The molecule has 0 heterocycles. The maximum atomic E-state index is 11.2. The average Bonchev–Trinajstić information content (AvgIpc) is 2.15. The molecule has 4 N–H and O–H groups in total. The molecule has 82 valence electrons. The number of nitrogens with one attached hydrogen (secondary N) is 2. The van der Waals surface area contributed by atoms with Gasteiger partial charge in [-0.3, -0.25) is 9.59 Å². The van der Waals surface area contributed by atoms with E-state index in [4.69, 9.17) is 5.73 Å². The summed E-state index contributed by atoms with van der Waals surface area (Å²) in [6.45, 7) is 4.35. The molecule has 5 heteroatoms. The molecule has 1 atom stereocenters. The van der Waals surface area contributed by atoms with E-state index in [2.05, 4.69) is 10.6 Å². The lowest BCUT2D eigenvalue weighted by atomic mass is 10.2. The molecule has 0 bridgehead atoms. The minimum Gasteiger partial charge on any atom is -0.355 e. The lowest BCUT2D eigenvalue weighted by Gasteiger charge is -2.10. The van der Waals surface area contributed by atoms with Crippen molar-refractivity contribution in [3.8, 4) is 0 Å². The monoisotopic (exact) mass is 201 g/mol. The van der Waals surface area contributed by atoms with E-state index in [9.17, 15) is 9.59 Å². The van der Waals surface area contributed by atoms with Crippen molar-refractivity contribution >= 4 is 11.8 Å². The maximum Gasteiger partial charge on any atom is 0.239 e.